The fraction of sp³-hybridized carbons (Fsp3) is 0.714. The Morgan fingerprint density at radius 1 is 0.833 bits per heavy atom. The van der Waals surface area contributed by atoms with Gasteiger partial charge in [0.05, 0.1) is 0 Å². The maximum atomic E-state index is 9.31. The number of allylic oxidation sites excluding steroid dienone is 2. The summed E-state index contributed by atoms with van der Waals surface area (Å²) in [6, 6.07) is 0. The van der Waals surface area contributed by atoms with Gasteiger partial charge in [-0.1, -0.05) is 0 Å². The summed E-state index contributed by atoms with van der Waals surface area (Å²) < 4.78 is 5.01. The molecule has 0 aromatic rings. The summed E-state index contributed by atoms with van der Waals surface area (Å²) in [6.45, 7) is 4.82. The predicted octanol–water partition coefficient (Wildman–Crippen LogP) is 2.58. The molecule has 0 spiro atoms. The number of aliphatic hydroxyl groups is 2. The van der Waals surface area contributed by atoms with E-state index in [2.05, 4.69) is 26.0 Å². The van der Waals surface area contributed by atoms with E-state index in [-0.39, 0.29) is 55.1 Å². The van der Waals surface area contributed by atoms with E-state index in [1.807, 2.05) is 0 Å². The average molecular weight is 482 g/mol. The van der Waals surface area contributed by atoms with E-state index in [4.69, 9.17) is 0 Å². The summed E-state index contributed by atoms with van der Waals surface area (Å²) in [6.07, 6.45) is 9.21. The Kier molecular flexibility index (Phi) is 15.2. The van der Waals surface area contributed by atoms with E-state index in [1.165, 1.54) is 41.9 Å². The van der Waals surface area contributed by atoms with E-state index >= 15 is 0 Å². The van der Waals surface area contributed by atoms with Gasteiger partial charge in [0, 0.05) is 0 Å². The molecular formula is C14H26O2Te2. The van der Waals surface area contributed by atoms with Crippen LogP contribution in [0.2, 0.25) is 8.94 Å². The normalized spacial score (nSPS) is 13.1. The number of hydrogen-bond donors (Lipinski definition) is 2. The van der Waals surface area contributed by atoms with Crippen LogP contribution >= 0.6 is 0 Å². The van der Waals surface area contributed by atoms with Gasteiger partial charge in [-0.15, -0.1) is 0 Å². The van der Waals surface area contributed by atoms with Crippen LogP contribution in [-0.4, -0.2) is 65.3 Å². The van der Waals surface area contributed by atoms with Crippen molar-refractivity contribution < 1.29 is 10.2 Å². The number of unbranched alkanes of at least 4 members (excludes halogenated alkanes) is 2. The molecule has 0 aliphatic heterocycles. The number of rotatable bonds is 11. The molecule has 0 aromatic heterocycles. The molecule has 4 heteroatoms. The van der Waals surface area contributed by atoms with Crippen molar-refractivity contribution in [3.8, 4) is 0 Å². The van der Waals surface area contributed by atoms with Crippen LogP contribution in [0.4, 0.5) is 0 Å². The van der Waals surface area contributed by atoms with Gasteiger partial charge in [0.15, 0.2) is 0 Å². The van der Waals surface area contributed by atoms with E-state index in [0.29, 0.717) is 0 Å². The van der Waals surface area contributed by atoms with Gasteiger partial charge in [-0.25, -0.2) is 0 Å². The first-order valence-electron chi connectivity index (χ1n) is 6.65. The molecule has 2 N–H and O–H groups in total. The molecule has 0 saturated carbocycles. The summed E-state index contributed by atoms with van der Waals surface area (Å²) in [5.74, 6) is 0. The second kappa shape index (κ2) is 14.4. The summed E-state index contributed by atoms with van der Waals surface area (Å²) in [5.41, 5.74) is 0. The van der Waals surface area contributed by atoms with Crippen molar-refractivity contribution in [1.29, 1.82) is 0 Å². The van der Waals surface area contributed by atoms with Crippen molar-refractivity contribution >= 4 is 41.8 Å². The second-order valence-electron chi connectivity index (χ2n) is 3.99. The third kappa shape index (κ3) is 10.9. The van der Waals surface area contributed by atoms with Gasteiger partial charge in [0.1, 0.15) is 0 Å². The minimum absolute atomic E-state index is 0.181. The molecule has 2 nitrogen and oxygen atoms in total. The molecule has 0 unspecified atom stereocenters. The second-order valence-corrected chi connectivity index (χ2v) is 11.0. The number of aliphatic hydroxyl groups excluding tert-OH is 2. The Bertz CT molecular complexity index is 224. The van der Waals surface area contributed by atoms with Crippen molar-refractivity contribution in [3.05, 3.63) is 19.4 Å². The number of hydrogen-bond acceptors (Lipinski definition) is 2. The zero-order valence-electron chi connectivity index (χ0n) is 11.5. The van der Waals surface area contributed by atoms with Crippen molar-refractivity contribution in [3.63, 3.8) is 0 Å². The van der Waals surface area contributed by atoms with Crippen LogP contribution in [0.25, 0.3) is 0 Å². The Labute approximate surface area is 132 Å². The molecule has 0 radical (unpaired) electrons. The Hall–Kier alpha value is 0.979. The Morgan fingerprint density at radius 2 is 1.22 bits per heavy atom. The van der Waals surface area contributed by atoms with E-state index in [9.17, 15) is 10.2 Å². The summed E-state index contributed by atoms with van der Waals surface area (Å²) in [7, 11) is 0. The molecule has 0 heterocycles. The first kappa shape index (κ1) is 19.0. The molecule has 0 aliphatic carbocycles. The van der Waals surface area contributed by atoms with Gasteiger partial charge in [-0.3, -0.25) is 0 Å². The maximum absolute atomic E-state index is 9.31. The van der Waals surface area contributed by atoms with Gasteiger partial charge in [0.25, 0.3) is 0 Å². The summed E-state index contributed by atoms with van der Waals surface area (Å²) in [4.78, 5) is 0. The Morgan fingerprint density at radius 3 is 1.50 bits per heavy atom. The first-order chi connectivity index (χ1) is 8.78. The summed E-state index contributed by atoms with van der Waals surface area (Å²) >= 11 is -0.362. The molecular weight excluding hydrogens is 455 g/mol. The van der Waals surface area contributed by atoms with Crippen LogP contribution in [0.15, 0.2) is 19.4 Å². The molecule has 0 atom stereocenters. The van der Waals surface area contributed by atoms with Gasteiger partial charge in [-0.05, 0) is 0 Å². The quantitative estimate of drug-likeness (QED) is 0.271. The van der Waals surface area contributed by atoms with Crippen molar-refractivity contribution in [2.75, 3.05) is 13.2 Å². The molecule has 0 aromatic carbocycles. The topological polar surface area (TPSA) is 40.5 Å². The van der Waals surface area contributed by atoms with Crippen molar-refractivity contribution in [2.24, 2.45) is 0 Å². The van der Waals surface area contributed by atoms with Gasteiger partial charge in [0.2, 0.25) is 0 Å². The molecule has 0 saturated heterocycles. The zero-order valence-corrected chi connectivity index (χ0v) is 16.2. The minimum atomic E-state index is -0.181. The average Bonchev–Trinajstić information content (AvgIpc) is 2.40. The van der Waals surface area contributed by atoms with Crippen molar-refractivity contribution in [1.82, 2.24) is 0 Å². The Balaban J connectivity index is 4.20. The molecule has 0 bridgehead atoms. The van der Waals surface area contributed by atoms with Gasteiger partial charge >= 0.3 is 133 Å². The van der Waals surface area contributed by atoms with E-state index in [0.717, 1.165) is 0 Å². The van der Waals surface area contributed by atoms with Gasteiger partial charge in [-0.2, -0.15) is 0 Å². The molecule has 106 valence electrons. The molecule has 0 rings (SSSR count). The van der Waals surface area contributed by atoms with Crippen LogP contribution < -0.4 is 0 Å². The predicted molar refractivity (Wildman–Crippen MR) is 81.3 cm³/mol. The van der Waals surface area contributed by atoms with Crippen molar-refractivity contribution in [2.45, 2.75) is 48.5 Å². The van der Waals surface area contributed by atoms with E-state index in [1.54, 1.807) is 0 Å². The first-order valence-corrected chi connectivity index (χ1v) is 12.3. The molecule has 18 heavy (non-hydrogen) atoms. The third-order valence-corrected chi connectivity index (χ3v) is 8.78. The van der Waals surface area contributed by atoms with E-state index < -0.39 is 0 Å². The molecule has 0 fully saturated rings. The molecule has 0 aliphatic rings. The zero-order chi connectivity index (χ0) is 13.6. The van der Waals surface area contributed by atoms with Crippen LogP contribution in [0.3, 0.4) is 0 Å². The summed E-state index contributed by atoms with van der Waals surface area (Å²) in [5, 5.41) is 18.6. The van der Waals surface area contributed by atoms with Crippen LogP contribution in [-0.2, 0) is 0 Å². The monoisotopic (exact) mass is 486 g/mol. The van der Waals surface area contributed by atoms with Crippen LogP contribution in [0, 0.1) is 0 Å². The van der Waals surface area contributed by atoms with Crippen LogP contribution in [0.1, 0.15) is 39.5 Å². The fourth-order valence-electron chi connectivity index (χ4n) is 1.17. The fourth-order valence-corrected chi connectivity index (χ4v) is 6.60. The third-order valence-electron chi connectivity index (χ3n) is 2.34. The van der Waals surface area contributed by atoms with Gasteiger partial charge < -0.3 is 0 Å². The molecule has 0 amide bonds. The SMILES string of the molecule is CCCC[Te]/C(=C\C=C(\CO)[Te]CCCC)CO. The van der Waals surface area contributed by atoms with Crippen LogP contribution in [0.5, 0.6) is 0 Å². The standard InChI is InChI=1S/C14H26O2Te2/c1-3-5-9-17-13(11-15)7-8-14(12-16)18-10-6-4-2/h7-8,15-16H,3-6,9-12H2,1-2H3/b13-7-,14-8-.